The molecule has 0 atom stereocenters. The molecule has 0 fully saturated rings. The number of amides is 1. The number of nitrogens with zero attached hydrogens (tertiary/aromatic N) is 1. The molecule has 1 heterocycles. The molecule has 0 radical (unpaired) electrons. The number of aryl methyl sites for hydroxylation is 3. The number of benzene rings is 1. The first-order chi connectivity index (χ1) is 9.08. The van der Waals surface area contributed by atoms with Crippen LogP contribution in [0.2, 0.25) is 0 Å². The quantitative estimate of drug-likeness (QED) is 0.884. The van der Waals surface area contributed by atoms with Crippen molar-refractivity contribution < 1.29 is 4.79 Å². The minimum Gasteiger partial charge on any atom is -0.346 e. The fourth-order valence-electron chi connectivity index (χ4n) is 2.06. The van der Waals surface area contributed by atoms with Crippen molar-refractivity contribution in [2.24, 2.45) is 0 Å². The SMILES string of the molecule is CCc1ncc(CNC(=O)c2cc(C)cc(C)c2)[nH]1. The van der Waals surface area contributed by atoms with E-state index in [2.05, 4.69) is 21.4 Å². The number of carbonyl (C=O) groups is 1. The molecule has 0 aliphatic carbocycles. The molecule has 0 saturated heterocycles. The van der Waals surface area contributed by atoms with E-state index >= 15 is 0 Å². The zero-order valence-electron chi connectivity index (χ0n) is 11.6. The van der Waals surface area contributed by atoms with Crippen LogP contribution in [0.15, 0.2) is 24.4 Å². The Labute approximate surface area is 113 Å². The Balaban J connectivity index is 2.00. The van der Waals surface area contributed by atoms with E-state index in [0.717, 1.165) is 29.1 Å². The third-order valence-corrected chi connectivity index (χ3v) is 2.94. The second kappa shape index (κ2) is 5.69. The fourth-order valence-corrected chi connectivity index (χ4v) is 2.06. The van der Waals surface area contributed by atoms with Crippen LogP contribution in [0.1, 0.15) is 39.9 Å². The smallest absolute Gasteiger partial charge is 0.251 e. The average Bonchev–Trinajstić information content (AvgIpc) is 2.82. The number of hydrogen-bond acceptors (Lipinski definition) is 2. The van der Waals surface area contributed by atoms with E-state index in [1.165, 1.54) is 0 Å². The van der Waals surface area contributed by atoms with Gasteiger partial charge in [-0.05, 0) is 26.0 Å². The maximum absolute atomic E-state index is 12.1. The van der Waals surface area contributed by atoms with Gasteiger partial charge in [0, 0.05) is 12.0 Å². The summed E-state index contributed by atoms with van der Waals surface area (Å²) in [6.07, 6.45) is 2.63. The van der Waals surface area contributed by atoms with E-state index in [1.54, 1.807) is 6.20 Å². The molecule has 0 bridgehead atoms. The third-order valence-electron chi connectivity index (χ3n) is 2.94. The molecule has 2 aromatic rings. The van der Waals surface area contributed by atoms with Gasteiger partial charge in [-0.15, -0.1) is 0 Å². The van der Waals surface area contributed by atoms with Crippen molar-refractivity contribution in [3.63, 3.8) is 0 Å². The van der Waals surface area contributed by atoms with Crippen LogP contribution in [-0.4, -0.2) is 15.9 Å². The number of carbonyl (C=O) groups excluding carboxylic acids is 1. The second-order valence-corrected chi connectivity index (χ2v) is 4.77. The molecule has 0 saturated carbocycles. The van der Waals surface area contributed by atoms with Crippen LogP contribution in [0.3, 0.4) is 0 Å². The summed E-state index contributed by atoms with van der Waals surface area (Å²) in [6.45, 7) is 6.49. The van der Waals surface area contributed by atoms with Crippen molar-refractivity contribution in [3.05, 3.63) is 52.6 Å². The number of rotatable bonds is 4. The lowest BCUT2D eigenvalue weighted by Crippen LogP contribution is -2.23. The molecular formula is C15H19N3O. The number of hydrogen-bond donors (Lipinski definition) is 2. The molecule has 1 aromatic heterocycles. The number of nitrogens with one attached hydrogen (secondary N) is 2. The minimum atomic E-state index is -0.0561. The summed E-state index contributed by atoms with van der Waals surface area (Å²) in [7, 11) is 0. The lowest BCUT2D eigenvalue weighted by Gasteiger charge is -2.06. The van der Waals surface area contributed by atoms with Gasteiger partial charge >= 0.3 is 0 Å². The maximum Gasteiger partial charge on any atom is 0.251 e. The minimum absolute atomic E-state index is 0.0561. The highest BCUT2D eigenvalue weighted by Crippen LogP contribution is 2.09. The van der Waals surface area contributed by atoms with E-state index in [9.17, 15) is 4.79 Å². The van der Waals surface area contributed by atoms with E-state index in [0.29, 0.717) is 12.1 Å². The number of aromatic nitrogens is 2. The van der Waals surface area contributed by atoms with Crippen LogP contribution in [-0.2, 0) is 13.0 Å². The zero-order chi connectivity index (χ0) is 13.8. The lowest BCUT2D eigenvalue weighted by atomic mass is 10.1. The van der Waals surface area contributed by atoms with Gasteiger partial charge in [-0.25, -0.2) is 4.98 Å². The number of aromatic amines is 1. The molecule has 19 heavy (non-hydrogen) atoms. The summed E-state index contributed by atoms with van der Waals surface area (Å²) < 4.78 is 0. The number of H-pyrrole nitrogens is 1. The Morgan fingerprint density at radius 3 is 2.53 bits per heavy atom. The van der Waals surface area contributed by atoms with Crippen LogP contribution in [0.4, 0.5) is 0 Å². The van der Waals surface area contributed by atoms with Crippen molar-refractivity contribution in [2.75, 3.05) is 0 Å². The molecule has 4 nitrogen and oxygen atoms in total. The zero-order valence-corrected chi connectivity index (χ0v) is 11.6. The van der Waals surface area contributed by atoms with Gasteiger partial charge in [0.15, 0.2) is 0 Å². The van der Waals surface area contributed by atoms with Crippen LogP contribution in [0.25, 0.3) is 0 Å². The third kappa shape index (κ3) is 3.44. The van der Waals surface area contributed by atoms with Crippen molar-refractivity contribution in [3.8, 4) is 0 Å². The van der Waals surface area contributed by atoms with Crippen LogP contribution >= 0.6 is 0 Å². The molecule has 0 aliphatic rings. The highest BCUT2D eigenvalue weighted by atomic mass is 16.1. The molecule has 0 spiro atoms. The summed E-state index contributed by atoms with van der Waals surface area (Å²) >= 11 is 0. The topological polar surface area (TPSA) is 57.8 Å². The van der Waals surface area contributed by atoms with Gasteiger partial charge in [-0.2, -0.15) is 0 Å². The van der Waals surface area contributed by atoms with Gasteiger partial charge in [-0.1, -0.05) is 24.1 Å². The Morgan fingerprint density at radius 2 is 1.95 bits per heavy atom. The lowest BCUT2D eigenvalue weighted by molar-refractivity contribution is 0.0950. The largest absolute Gasteiger partial charge is 0.346 e. The first kappa shape index (κ1) is 13.3. The van der Waals surface area contributed by atoms with Crippen molar-refractivity contribution in [1.29, 1.82) is 0 Å². The predicted molar refractivity (Wildman–Crippen MR) is 75.1 cm³/mol. The van der Waals surface area contributed by atoms with Crippen molar-refractivity contribution in [2.45, 2.75) is 33.7 Å². The van der Waals surface area contributed by atoms with Gasteiger partial charge in [0.05, 0.1) is 18.4 Å². The molecule has 2 rings (SSSR count). The van der Waals surface area contributed by atoms with Crippen LogP contribution < -0.4 is 5.32 Å². The average molecular weight is 257 g/mol. The summed E-state index contributed by atoms with van der Waals surface area (Å²) in [5.41, 5.74) is 3.82. The summed E-state index contributed by atoms with van der Waals surface area (Å²) in [4.78, 5) is 19.4. The first-order valence-corrected chi connectivity index (χ1v) is 6.47. The van der Waals surface area contributed by atoms with E-state index in [1.807, 2.05) is 32.9 Å². The van der Waals surface area contributed by atoms with Gasteiger partial charge in [0.2, 0.25) is 0 Å². The highest BCUT2D eigenvalue weighted by molar-refractivity contribution is 5.94. The highest BCUT2D eigenvalue weighted by Gasteiger charge is 2.07. The van der Waals surface area contributed by atoms with E-state index < -0.39 is 0 Å². The molecule has 4 heteroatoms. The van der Waals surface area contributed by atoms with Gasteiger partial charge in [0.25, 0.3) is 5.91 Å². The van der Waals surface area contributed by atoms with E-state index in [-0.39, 0.29) is 5.91 Å². The number of imidazole rings is 1. The molecule has 0 unspecified atom stereocenters. The normalized spacial score (nSPS) is 10.5. The summed E-state index contributed by atoms with van der Waals surface area (Å²) in [5.74, 6) is 0.884. The molecular weight excluding hydrogens is 238 g/mol. The van der Waals surface area contributed by atoms with Gasteiger partial charge in [0.1, 0.15) is 5.82 Å². The molecule has 1 amide bonds. The molecule has 1 aromatic carbocycles. The monoisotopic (exact) mass is 257 g/mol. The predicted octanol–water partition coefficient (Wildman–Crippen LogP) is 2.52. The Kier molecular flexibility index (Phi) is 4.00. The summed E-state index contributed by atoms with van der Waals surface area (Å²) in [6, 6.07) is 5.85. The van der Waals surface area contributed by atoms with Crippen LogP contribution in [0, 0.1) is 13.8 Å². The Morgan fingerprint density at radius 1 is 1.26 bits per heavy atom. The molecule has 2 N–H and O–H groups in total. The first-order valence-electron chi connectivity index (χ1n) is 6.47. The van der Waals surface area contributed by atoms with Crippen LogP contribution in [0.5, 0.6) is 0 Å². The molecule has 100 valence electrons. The van der Waals surface area contributed by atoms with Gasteiger partial charge in [-0.3, -0.25) is 4.79 Å². The summed E-state index contributed by atoms with van der Waals surface area (Å²) in [5, 5.41) is 2.90. The maximum atomic E-state index is 12.1. The molecule has 0 aliphatic heterocycles. The second-order valence-electron chi connectivity index (χ2n) is 4.77. The Bertz CT molecular complexity index is 567. The van der Waals surface area contributed by atoms with Gasteiger partial charge < -0.3 is 10.3 Å². The Hall–Kier alpha value is -2.10. The standard InChI is InChI=1S/C15H19N3O/c1-4-14-16-8-13(18-14)9-17-15(19)12-6-10(2)5-11(3)7-12/h5-8H,4,9H2,1-3H3,(H,16,18)(H,17,19). The van der Waals surface area contributed by atoms with Crippen molar-refractivity contribution in [1.82, 2.24) is 15.3 Å². The van der Waals surface area contributed by atoms with Crippen molar-refractivity contribution >= 4 is 5.91 Å². The van der Waals surface area contributed by atoms with E-state index in [4.69, 9.17) is 0 Å². The fraction of sp³-hybridized carbons (Fsp3) is 0.333.